The van der Waals surface area contributed by atoms with Crippen molar-refractivity contribution in [1.29, 1.82) is 5.53 Å². The molecule has 2 atom stereocenters. The standard InChI is InChI=1S/C13H21N5O6/c1-22-11(20)4-5-13(24-3,8-17-18-15)9(6-12(21)23-2)10(19)7-16-14/h9,14H,4-8H2,1-3H3/t9-,13-/m1/s1. The van der Waals surface area contributed by atoms with Crippen LogP contribution < -0.4 is 0 Å². The Morgan fingerprint density at radius 3 is 2.29 bits per heavy atom. The van der Waals surface area contributed by atoms with Gasteiger partial charge in [0.25, 0.3) is 0 Å². The van der Waals surface area contributed by atoms with Crippen molar-refractivity contribution in [3.63, 3.8) is 0 Å². The van der Waals surface area contributed by atoms with Crippen molar-refractivity contribution in [2.75, 3.05) is 34.4 Å². The molecule has 11 nitrogen and oxygen atoms in total. The molecule has 0 unspecified atom stereocenters. The molecule has 0 amide bonds. The van der Waals surface area contributed by atoms with Crippen LogP contribution in [0, 0.1) is 11.4 Å². The van der Waals surface area contributed by atoms with Crippen molar-refractivity contribution in [1.82, 2.24) is 0 Å². The molecule has 0 spiro atoms. The Labute approximate surface area is 138 Å². The van der Waals surface area contributed by atoms with E-state index in [1.165, 1.54) is 14.2 Å². The maximum atomic E-state index is 12.3. The quantitative estimate of drug-likeness (QED) is 0.243. The number of hydrogen-bond donors (Lipinski definition) is 1. The highest BCUT2D eigenvalue weighted by molar-refractivity contribution is 5.88. The van der Waals surface area contributed by atoms with Gasteiger partial charge in [-0.05, 0) is 12.0 Å². The predicted octanol–water partition coefficient (Wildman–Crippen LogP) is 1.41. The summed E-state index contributed by atoms with van der Waals surface area (Å²) in [6, 6.07) is 0. The van der Waals surface area contributed by atoms with E-state index >= 15 is 0 Å². The minimum absolute atomic E-state index is 0.0272. The predicted molar refractivity (Wildman–Crippen MR) is 80.1 cm³/mol. The summed E-state index contributed by atoms with van der Waals surface area (Å²) in [6.07, 6.45) is -0.504. The van der Waals surface area contributed by atoms with Gasteiger partial charge in [-0.3, -0.25) is 14.4 Å². The molecular formula is C13H21N5O6. The first-order valence-corrected chi connectivity index (χ1v) is 6.96. The molecule has 0 radical (unpaired) electrons. The van der Waals surface area contributed by atoms with Crippen molar-refractivity contribution in [3.05, 3.63) is 10.4 Å². The van der Waals surface area contributed by atoms with E-state index in [0.717, 1.165) is 7.11 Å². The number of hydrogen-bond acceptors (Lipinski definition) is 9. The van der Waals surface area contributed by atoms with Crippen molar-refractivity contribution in [2.45, 2.75) is 24.9 Å². The number of methoxy groups -OCH3 is 3. The van der Waals surface area contributed by atoms with Crippen molar-refractivity contribution < 1.29 is 28.6 Å². The number of nitrogens with one attached hydrogen (secondary N) is 1. The normalized spacial score (nSPS) is 13.8. The zero-order valence-electron chi connectivity index (χ0n) is 13.9. The maximum absolute atomic E-state index is 12.3. The second kappa shape index (κ2) is 11.1. The summed E-state index contributed by atoms with van der Waals surface area (Å²) in [7, 11) is 3.65. The van der Waals surface area contributed by atoms with E-state index in [1.54, 1.807) is 0 Å². The summed E-state index contributed by atoms with van der Waals surface area (Å²) in [5, 5.41) is 6.46. The number of carbonyl (C=O) groups is 3. The fraction of sp³-hybridized carbons (Fsp3) is 0.769. The topological polar surface area (TPSA) is 164 Å². The summed E-state index contributed by atoms with van der Waals surface area (Å²) in [4.78, 5) is 38.1. The lowest BCUT2D eigenvalue weighted by atomic mass is 9.78. The minimum atomic E-state index is -1.42. The molecule has 1 N–H and O–H groups in total. The Morgan fingerprint density at radius 2 is 1.83 bits per heavy atom. The zero-order chi connectivity index (χ0) is 18.6. The SMILES string of the molecule is COC(=O)CC[C@](CN=[N+]=[N-])(OC)[C@H](CC(=O)OC)C(=O)CN=N. The van der Waals surface area contributed by atoms with Gasteiger partial charge in [0.15, 0.2) is 5.78 Å². The fourth-order valence-corrected chi connectivity index (χ4v) is 2.27. The van der Waals surface area contributed by atoms with Crippen LogP contribution in [-0.2, 0) is 28.6 Å². The average molecular weight is 343 g/mol. The number of azide groups is 1. The molecule has 0 bridgehead atoms. The molecule has 0 aromatic carbocycles. The molecule has 0 aromatic heterocycles. The van der Waals surface area contributed by atoms with Crippen LogP contribution in [0.1, 0.15) is 19.3 Å². The van der Waals surface area contributed by atoms with Gasteiger partial charge in [0.05, 0.1) is 38.7 Å². The molecule has 24 heavy (non-hydrogen) atoms. The van der Waals surface area contributed by atoms with Crippen molar-refractivity contribution in [2.24, 2.45) is 16.1 Å². The zero-order valence-corrected chi connectivity index (χ0v) is 13.9. The van der Waals surface area contributed by atoms with Crippen LogP contribution in [0.5, 0.6) is 0 Å². The monoisotopic (exact) mass is 343 g/mol. The third-order valence-corrected chi connectivity index (χ3v) is 3.65. The van der Waals surface area contributed by atoms with E-state index in [9.17, 15) is 14.4 Å². The van der Waals surface area contributed by atoms with Crippen molar-refractivity contribution >= 4 is 17.7 Å². The number of ether oxygens (including phenoxy) is 3. The van der Waals surface area contributed by atoms with E-state index in [1.807, 2.05) is 0 Å². The van der Waals surface area contributed by atoms with Crippen LogP contribution in [-0.4, -0.2) is 57.7 Å². The smallest absolute Gasteiger partial charge is 0.306 e. The lowest BCUT2D eigenvalue weighted by Crippen LogP contribution is -2.49. The molecule has 0 saturated carbocycles. The van der Waals surface area contributed by atoms with Gasteiger partial charge >= 0.3 is 11.9 Å². The Bertz CT molecular complexity index is 519. The van der Waals surface area contributed by atoms with Crippen LogP contribution in [0.4, 0.5) is 0 Å². The van der Waals surface area contributed by atoms with Crippen molar-refractivity contribution in [3.8, 4) is 0 Å². The van der Waals surface area contributed by atoms with Gasteiger partial charge in [-0.25, -0.2) is 5.53 Å². The Morgan fingerprint density at radius 1 is 1.21 bits per heavy atom. The number of rotatable bonds is 12. The molecule has 0 saturated heterocycles. The lowest BCUT2D eigenvalue weighted by Gasteiger charge is -2.37. The van der Waals surface area contributed by atoms with Crippen LogP contribution >= 0.6 is 0 Å². The van der Waals surface area contributed by atoms with Gasteiger partial charge in [0.2, 0.25) is 0 Å². The first kappa shape index (κ1) is 21.5. The van der Waals surface area contributed by atoms with E-state index < -0.39 is 35.8 Å². The molecule has 0 fully saturated rings. The number of Topliss-reactive ketones (excluding diaryl/α,β-unsaturated/α-hetero) is 1. The summed E-state index contributed by atoms with van der Waals surface area (Å²) < 4.78 is 14.5. The Kier molecular flexibility index (Phi) is 9.92. The largest absolute Gasteiger partial charge is 0.469 e. The second-order valence-electron chi connectivity index (χ2n) is 4.85. The number of ketones is 1. The Hall–Kier alpha value is -2.52. The highest BCUT2D eigenvalue weighted by Crippen LogP contribution is 2.32. The minimum Gasteiger partial charge on any atom is -0.469 e. The lowest BCUT2D eigenvalue weighted by molar-refractivity contribution is -0.153. The molecule has 0 aliphatic carbocycles. The number of esters is 2. The van der Waals surface area contributed by atoms with Crippen LogP contribution in [0.15, 0.2) is 10.2 Å². The average Bonchev–Trinajstić information content (AvgIpc) is 2.60. The van der Waals surface area contributed by atoms with Gasteiger partial charge in [-0.15, -0.1) is 0 Å². The second-order valence-corrected chi connectivity index (χ2v) is 4.85. The molecule has 0 aliphatic rings. The summed E-state index contributed by atoms with van der Waals surface area (Å²) in [5.74, 6) is -2.89. The molecule has 0 heterocycles. The van der Waals surface area contributed by atoms with E-state index in [-0.39, 0.29) is 25.8 Å². The van der Waals surface area contributed by atoms with E-state index in [2.05, 4.69) is 24.6 Å². The molecule has 134 valence electrons. The summed E-state index contributed by atoms with van der Waals surface area (Å²) in [5.41, 5.74) is 14.0. The summed E-state index contributed by atoms with van der Waals surface area (Å²) in [6.45, 7) is -0.760. The van der Waals surface area contributed by atoms with Gasteiger partial charge in [-0.2, -0.15) is 5.11 Å². The van der Waals surface area contributed by atoms with Gasteiger partial charge in [0.1, 0.15) is 6.54 Å². The Balaban J connectivity index is 5.76. The van der Waals surface area contributed by atoms with Gasteiger partial charge < -0.3 is 14.2 Å². The van der Waals surface area contributed by atoms with E-state index in [4.69, 9.17) is 15.8 Å². The van der Waals surface area contributed by atoms with Crippen LogP contribution in [0.3, 0.4) is 0 Å². The fourth-order valence-electron chi connectivity index (χ4n) is 2.27. The highest BCUT2D eigenvalue weighted by Gasteiger charge is 2.44. The number of carbonyl (C=O) groups excluding carboxylic acids is 3. The molecular weight excluding hydrogens is 322 g/mol. The third kappa shape index (κ3) is 6.31. The molecule has 0 rings (SSSR count). The molecule has 0 aliphatic heterocycles. The molecule has 0 aromatic rings. The van der Waals surface area contributed by atoms with E-state index in [0.29, 0.717) is 0 Å². The van der Waals surface area contributed by atoms with Crippen LogP contribution in [0.2, 0.25) is 0 Å². The first-order chi connectivity index (χ1) is 11.4. The third-order valence-electron chi connectivity index (χ3n) is 3.65. The van der Waals surface area contributed by atoms with Gasteiger partial charge in [0, 0.05) is 18.4 Å². The van der Waals surface area contributed by atoms with Gasteiger partial charge in [-0.1, -0.05) is 5.11 Å². The first-order valence-electron chi connectivity index (χ1n) is 6.96. The molecule has 11 heteroatoms. The summed E-state index contributed by atoms with van der Waals surface area (Å²) >= 11 is 0. The highest BCUT2D eigenvalue weighted by atomic mass is 16.5. The van der Waals surface area contributed by atoms with Crippen LogP contribution in [0.25, 0.3) is 10.4 Å². The maximum Gasteiger partial charge on any atom is 0.306 e. The number of nitrogens with zero attached hydrogens (tertiary/aromatic N) is 4.